The van der Waals surface area contributed by atoms with Gasteiger partial charge < -0.3 is 10.3 Å². The lowest BCUT2D eigenvalue weighted by Crippen LogP contribution is -2.38. The standard InChI is InChI=1S/C26H28N8O5S/c1-15(2)12-33-22-20(24(35)32(4)26(33)37)21(23-28-19(14-31(23)3)40(38,39)30-25(27)36)34(29-22)13-17-10-7-9-16-8-5-6-11-18(16)17/h5-11,14-15H,12-13H2,1-4H3,(H3,27,30,36). The Bertz CT molecular complexity index is 2030. The minimum absolute atomic E-state index is 0.0647. The Hall–Kier alpha value is -4.72. The van der Waals surface area contributed by atoms with Crippen LogP contribution < -0.4 is 21.7 Å². The highest BCUT2D eigenvalue weighted by Crippen LogP contribution is 2.29. The molecule has 14 heteroatoms. The molecule has 3 aromatic heterocycles. The Balaban J connectivity index is 1.85. The van der Waals surface area contributed by atoms with Crippen molar-refractivity contribution in [1.82, 2.24) is 33.2 Å². The fraction of sp³-hybridized carbons (Fsp3) is 0.269. The number of fused-ring (bicyclic) bond motifs is 2. The van der Waals surface area contributed by atoms with E-state index >= 15 is 0 Å². The number of carbonyl (C=O) groups is 1. The van der Waals surface area contributed by atoms with E-state index in [0.717, 1.165) is 20.9 Å². The number of carbonyl (C=O) groups excluding carboxylic acids is 1. The number of hydrogen-bond donors (Lipinski definition) is 2. The Morgan fingerprint density at radius 2 is 1.77 bits per heavy atom. The normalized spacial score (nSPS) is 12.0. The Kier molecular flexibility index (Phi) is 6.58. The molecule has 0 saturated heterocycles. The van der Waals surface area contributed by atoms with Crippen LogP contribution >= 0.6 is 0 Å². The van der Waals surface area contributed by atoms with Crippen LogP contribution in [0.4, 0.5) is 4.79 Å². The molecule has 208 valence electrons. The number of aromatic nitrogens is 6. The van der Waals surface area contributed by atoms with Crippen molar-refractivity contribution in [3.05, 3.63) is 75.1 Å². The molecule has 2 amide bonds. The molecule has 0 bridgehead atoms. The number of urea groups is 1. The smallest absolute Gasteiger partial charge is 0.332 e. The predicted octanol–water partition coefficient (Wildman–Crippen LogP) is 1.51. The monoisotopic (exact) mass is 564 g/mol. The van der Waals surface area contributed by atoms with E-state index in [0.29, 0.717) is 6.54 Å². The Morgan fingerprint density at radius 3 is 2.48 bits per heavy atom. The minimum Gasteiger partial charge on any atom is -0.351 e. The highest BCUT2D eigenvalue weighted by molar-refractivity contribution is 7.90. The number of imidazole rings is 1. The number of primary amides is 1. The third kappa shape index (κ3) is 4.55. The van der Waals surface area contributed by atoms with E-state index in [2.05, 4.69) is 4.98 Å². The van der Waals surface area contributed by atoms with Crippen molar-refractivity contribution in [3.8, 4) is 11.5 Å². The van der Waals surface area contributed by atoms with Crippen molar-refractivity contribution in [2.24, 2.45) is 25.7 Å². The highest BCUT2D eigenvalue weighted by Gasteiger charge is 2.28. The van der Waals surface area contributed by atoms with Crippen LogP contribution in [0, 0.1) is 5.92 Å². The van der Waals surface area contributed by atoms with E-state index in [1.165, 1.54) is 22.4 Å². The first-order valence-corrected chi connectivity index (χ1v) is 13.9. The topological polar surface area (TPSA) is 169 Å². The Morgan fingerprint density at radius 1 is 1.07 bits per heavy atom. The minimum atomic E-state index is -4.38. The second-order valence-electron chi connectivity index (χ2n) is 9.98. The molecule has 13 nitrogen and oxygen atoms in total. The zero-order valence-corrected chi connectivity index (χ0v) is 23.1. The maximum Gasteiger partial charge on any atom is 0.332 e. The van der Waals surface area contributed by atoms with E-state index in [1.54, 1.807) is 16.5 Å². The van der Waals surface area contributed by atoms with Crippen LogP contribution in [0.15, 0.2) is 63.3 Å². The van der Waals surface area contributed by atoms with Crippen molar-refractivity contribution < 1.29 is 13.2 Å². The van der Waals surface area contributed by atoms with Gasteiger partial charge >= 0.3 is 11.7 Å². The van der Waals surface area contributed by atoms with Gasteiger partial charge in [0.05, 0.1) is 6.54 Å². The second-order valence-corrected chi connectivity index (χ2v) is 11.6. The molecular weight excluding hydrogens is 536 g/mol. The number of nitrogens with one attached hydrogen (secondary N) is 1. The van der Waals surface area contributed by atoms with Crippen molar-refractivity contribution >= 4 is 37.9 Å². The van der Waals surface area contributed by atoms with E-state index in [1.807, 2.05) is 56.3 Å². The van der Waals surface area contributed by atoms with Gasteiger partial charge in [-0.3, -0.25) is 18.6 Å². The fourth-order valence-corrected chi connectivity index (χ4v) is 5.67. The van der Waals surface area contributed by atoms with E-state index in [9.17, 15) is 22.8 Å². The van der Waals surface area contributed by atoms with Crippen LogP contribution in [0.3, 0.4) is 0 Å². The largest absolute Gasteiger partial charge is 0.351 e. The third-order valence-electron chi connectivity index (χ3n) is 6.55. The van der Waals surface area contributed by atoms with Crippen LogP contribution in [0.1, 0.15) is 19.4 Å². The maximum atomic E-state index is 13.6. The van der Waals surface area contributed by atoms with Gasteiger partial charge in [0.25, 0.3) is 15.6 Å². The molecule has 0 fully saturated rings. The molecule has 40 heavy (non-hydrogen) atoms. The number of benzene rings is 2. The molecule has 2 aromatic carbocycles. The first-order chi connectivity index (χ1) is 18.9. The van der Waals surface area contributed by atoms with Gasteiger partial charge in [0.15, 0.2) is 16.5 Å². The molecule has 5 rings (SSSR count). The molecule has 0 saturated carbocycles. The molecular formula is C26H28N8O5S. The lowest BCUT2D eigenvalue weighted by molar-refractivity contribution is 0.253. The molecule has 5 aromatic rings. The molecule has 0 radical (unpaired) electrons. The lowest BCUT2D eigenvalue weighted by atomic mass is 10.0. The first-order valence-electron chi connectivity index (χ1n) is 12.4. The summed E-state index contributed by atoms with van der Waals surface area (Å²) in [6, 6.07) is 12.4. The summed E-state index contributed by atoms with van der Waals surface area (Å²) in [4.78, 5) is 42.3. The summed E-state index contributed by atoms with van der Waals surface area (Å²) in [7, 11) is -1.44. The van der Waals surface area contributed by atoms with Gasteiger partial charge in [-0.25, -0.2) is 19.3 Å². The van der Waals surface area contributed by atoms with E-state index in [4.69, 9.17) is 10.8 Å². The number of amides is 2. The summed E-state index contributed by atoms with van der Waals surface area (Å²) in [5.74, 6) is 0.161. The molecule has 0 aliphatic carbocycles. The van der Waals surface area contributed by atoms with Gasteiger partial charge in [-0.1, -0.05) is 56.3 Å². The molecule has 3 N–H and O–H groups in total. The number of rotatable bonds is 7. The highest BCUT2D eigenvalue weighted by atomic mass is 32.2. The average molecular weight is 565 g/mol. The van der Waals surface area contributed by atoms with E-state index < -0.39 is 32.3 Å². The number of nitrogens with two attached hydrogens (primary N) is 1. The van der Waals surface area contributed by atoms with Crippen molar-refractivity contribution in [1.29, 1.82) is 0 Å². The van der Waals surface area contributed by atoms with Gasteiger partial charge in [0.2, 0.25) is 0 Å². The third-order valence-corrected chi connectivity index (χ3v) is 7.77. The van der Waals surface area contributed by atoms with Crippen molar-refractivity contribution in [2.75, 3.05) is 0 Å². The second kappa shape index (κ2) is 9.79. The number of nitrogens with zero attached hydrogens (tertiary/aromatic N) is 6. The number of sulfonamides is 1. The molecule has 3 heterocycles. The van der Waals surface area contributed by atoms with Crippen LogP contribution in [0.2, 0.25) is 0 Å². The van der Waals surface area contributed by atoms with E-state index in [-0.39, 0.29) is 35.0 Å². The molecule has 0 spiro atoms. The average Bonchev–Trinajstić information content (AvgIpc) is 3.45. The Labute approximate surface area is 228 Å². The van der Waals surface area contributed by atoms with Gasteiger partial charge in [0.1, 0.15) is 11.1 Å². The van der Waals surface area contributed by atoms with Gasteiger partial charge in [-0.2, -0.15) is 13.5 Å². The summed E-state index contributed by atoms with van der Waals surface area (Å²) in [5.41, 5.74) is 5.21. The van der Waals surface area contributed by atoms with Gasteiger partial charge in [0, 0.05) is 26.8 Å². The maximum absolute atomic E-state index is 13.6. The predicted molar refractivity (Wildman–Crippen MR) is 149 cm³/mol. The van der Waals surface area contributed by atoms with Crippen LogP contribution in [-0.2, 0) is 37.2 Å². The van der Waals surface area contributed by atoms with Gasteiger partial charge in [-0.05, 0) is 22.3 Å². The van der Waals surface area contributed by atoms with Crippen molar-refractivity contribution in [3.63, 3.8) is 0 Å². The van der Waals surface area contributed by atoms with Crippen LogP contribution in [0.5, 0.6) is 0 Å². The molecule has 0 aliphatic heterocycles. The zero-order chi connectivity index (χ0) is 28.9. The SMILES string of the molecule is CC(C)Cn1c(=O)n(C)c(=O)c2c(-c3nc(S(=O)(=O)NC(N)=O)cn3C)n(Cc3cccc4ccccc34)nc21. The quantitative estimate of drug-likeness (QED) is 0.302. The summed E-state index contributed by atoms with van der Waals surface area (Å²) in [6.07, 6.45) is 1.20. The summed E-state index contributed by atoms with van der Waals surface area (Å²) in [6.45, 7) is 4.38. The summed E-state index contributed by atoms with van der Waals surface area (Å²) in [5, 5.41) is 6.36. The molecule has 0 atom stereocenters. The molecule has 0 aliphatic rings. The summed E-state index contributed by atoms with van der Waals surface area (Å²) >= 11 is 0. The molecule has 0 unspecified atom stereocenters. The van der Waals surface area contributed by atoms with Crippen molar-refractivity contribution in [2.45, 2.75) is 32.0 Å². The fourth-order valence-electron chi connectivity index (χ4n) is 4.80. The number of aryl methyl sites for hydroxylation is 1. The summed E-state index contributed by atoms with van der Waals surface area (Å²) < 4.78 is 32.5. The zero-order valence-electron chi connectivity index (χ0n) is 22.3. The lowest BCUT2D eigenvalue weighted by Gasteiger charge is -2.11. The number of hydrogen-bond acceptors (Lipinski definition) is 7. The van der Waals surface area contributed by atoms with Crippen LogP contribution in [0.25, 0.3) is 33.3 Å². The van der Waals surface area contributed by atoms with Crippen LogP contribution in [-0.4, -0.2) is 42.9 Å². The first kappa shape index (κ1) is 26.9. The van der Waals surface area contributed by atoms with Gasteiger partial charge in [-0.15, -0.1) is 0 Å².